The van der Waals surface area contributed by atoms with E-state index in [1.54, 1.807) is 13.3 Å². The number of β-amino-alcohol motifs (C(OH)–C–C–N with tert-alkyl or cyclic N) is 1. The van der Waals surface area contributed by atoms with E-state index < -0.39 is 0 Å². The lowest BCUT2D eigenvalue weighted by Gasteiger charge is -2.37. The quantitative estimate of drug-likeness (QED) is 0.847. The van der Waals surface area contributed by atoms with Crippen LogP contribution in [0.3, 0.4) is 0 Å². The van der Waals surface area contributed by atoms with Crippen LogP contribution in [0, 0.1) is 0 Å². The van der Waals surface area contributed by atoms with Gasteiger partial charge in [-0.25, -0.2) is 4.98 Å². The highest BCUT2D eigenvalue weighted by atomic mass is 16.5. The molecule has 4 heteroatoms. The molecule has 1 saturated heterocycles. The number of anilines is 1. The highest BCUT2D eigenvalue weighted by Crippen LogP contribution is 2.29. The van der Waals surface area contributed by atoms with Gasteiger partial charge in [0.05, 0.1) is 13.2 Å². The van der Waals surface area contributed by atoms with Crippen molar-refractivity contribution in [3.63, 3.8) is 0 Å². The molecular weight excluding hydrogens is 216 g/mol. The molecular formula is C13H14N2O2. The van der Waals surface area contributed by atoms with E-state index in [1.807, 2.05) is 24.3 Å². The van der Waals surface area contributed by atoms with Crippen LogP contribution in [0.5, 0.6) is 5.75 Å². The molecule has 4 nitrogen and oxygen atoms in total. The third-order valence-corrected chi connectivity index (χ3v) is 3.11. The molecule has 1 aromatic carbocycles. The van der Waals surface area contributed by atoms with Gasteiger partial charge in [-0.15, -0.1) is 0 Å². The number of nitrogens with zero attached hydrogens (tertiary/aromatic N) is 2. The fourth-order valence-electron chi connectivity index (χ4n) is 2.15. The number of aliphatic hydroxyl groups excluding tert-OH is 1. The maximum atomic E-state index is 9.34. The van der Waals surface area contributed by atoms with Crippen molar-refractivity contribution in [2.75, 3.05) is 25.1 Å². The average Bonchev–Trinajstić information content (AvgIpc) is 2.33. The number of methoxy groups -OCH3 is 1. The molecule has 1 fully saturated rings. The maximum Gasteiger partial charge on any atom is 0.136 e. The second-order valence-electron chi connectivity index (χ2n) is 4.28. The van der Waals surface area contributed by atoms with Crippen LogP contribution in [0.2, 0.25) is 0 Å². The van der Waals surface area contributed by atoms with Crippen molar-refractivity contribution in [3.05, 3.63) is 30.5 Å². The molecule has 1 aliphatic heterocycles. The zero-order chi connectivity index (χ0) is 11.8. The minimum atomic E-state index is -0.217. The molecule has 0 spiro atoms. The monoisotopic (exact) mass is 230 g/mol. The van der Waals surface area contributed by atoms with Crippen molar-refractivity contribution in [3.8, 4) is 5.75 Å². The molecule has 0 aliphatic carbocycles. The van der Waals surface area contributed by atoms with Crippen LogP contribution in [-0.2, 0) is 0 Å². The maximum absolute atomic E-state index is 9.34. The largest absolute Gasteiger partial charge is 0.497 e. The van der Waals surface area contributed by atoms with E-state index in [9.17, 15) is 5.11 Å². The Morgan fingerprint density at radius 2 is 2.18 bits per heavy atom. The summed E-state index contributed by atoms with van der Waals surface area (Å²) >= 11 is 0. The molecule has 3 rings (SSSR count). The van der Waals surface area contributed by atoms with Crippen LogP contribution in [0.15, 0.2) is 30.5 Å². The van der Waals surface area contributed by atoms with Gasteiger partial charge in [0.25, 0.3) is 0 Å². The van der Waals surface area contributed by atoms with Gasteiger partial charge in [-0.2, -0.15) is 0 Å². The summed E-state index contributed by atoms with van der Waals surface area (Å²) in [4.78, 5) is 6.48. The Hall–Kier alpha value is -1.81. The number of ether oxygens (including phenoxy) is 1. The molecule has 1 N–H and O–H groups in total. The predicted octanol–water partition coefficient (Wildman–Crippen LogP) is 1.42. The highest BCUT2D eigenvalue weighted by molar-refractivity contribution is 5.93. The van der Waals surface area contributed by atoms with Gasteiger partial charge in [0.2, 0.25) is 0 Å². The summed E-state index contributed by atoms with van der Waals surface area (Å²) in [7, 11) is 1.66. The predicted molar refractivity (Wildman–Crippen MR) is 66.5 cm³/mol. The van der Waals surface area contributed by atoms with Crippen LogP contribution < -0.4 is 9.64 Å². The normalized spacial score (nSPS) is 16.0. The summed E-state index contributed by atoms with van der Waals surface area (Å²) in [6, 6.07) is 7.92. The van der Waals surface area contributed by atoms with Crippen LogP contribution in [-0.4, -0.2) is 36.4 Å². The Kier molecular flexibility index (Phi) is 2.37. The molecule has 0 saturated carbocycles. The summed E-state index contributed by atoms with van der Waals surface area (Å²) in [5.74, 6) is 1.79. The van der Waals surface area contributed by atoms with Crippen molar-refractivity contribution in [1.82, 2.24) is 4.98 Å². The average molecular weight is 230 g/mol. The van der Waals surface area contributed by atoms with Gasteiger partial charge in [0.15, 0.2) is 0 Å². The molecule has 0 amide bonds. The summed E-state index contributed by atoms with van der Waals surface area (Å²) in [6.45, 7) is 1.33. The molecule has 0 atom stereocenters. The second kappa shape index (κ2) is 3.89. The molecule has 2 heterocycles. The molecule has 0 unspecified atom stereocenters. The minimum absolute atomic E-state index is 0.217. The van der Waals surface area contributed by atoms with Crippen molar-refractivity contribution < 1.29 is 9.84 Å². The number of pyridine rings is 1. The van der Waals surface area contributed by atoms with Crippen LogP contribution >= 0.6 is 0 Å². The van der Waals surface area contributed by atoms with Gasteiger partial charge in [-0.3, -0.25) is 0 Å². The van der Waals surface area contributed by atoms with E-state index in [0.29, 0.717) is 13.1 Å². The van der Waals surface area contributed by atoms with Gasteiger partial charge >= 0.3 is 0 Å². The van der Waals surface area contributed by atoms with E-state index in [-0.39, 0.29) is 6.10 Å². The van der Waals surface area contributed by atoms with E-state index in [0.717, 1.165) is 22.3 Å². The fraction of sp³-hybridized carbons (Fsp3) is 0.308. The first kappa shape index (κ1) is 10.4. The Balaban J connectivity index is 2.07. The number of aromatic nitrogens is 1. The summed E-state index contributed by atoms with van der Waals surface area (Å²) in [5.41, 5.74) is 0. The van der Waals surface area contributed by atoms with Gasteiger partial charge in [-0.1, -0.05) is 0 Å². The minimum Gasteiger partial charge on any atom is -0.497 e. The zero-order valence-corrected chi connectivity index (χ0v) is 9.63. The first-order valence-corrected chi connectivity index (χ1v) is 5.63. The third-order valence-electron chi connectivity index (χ3n) is 3.11. The first-order chi connectivity index (χ1) is 8.28. The number of hydrogen-bond donors (Lipinski definition) is 1. The van der Waals surface area contributed by atoms with Gasteiger partial charge < -0.3 is 14.7 Å². The Labute approximate surface area is 99.5 Å². The van der Waals surface area contributed by atoms with E-state index in [4.69, 9.17) is 4.74 Å². The van der Waals surface area contributed by atoms with Crippen molar-refractivity contribution >= 4 is 16.6 Å². The Morgan fingerprint density at radius 3 is 2.88 bits per heavy atom. The van der Waals surface area contributed by atoms with Crippen molar-refractivity contribution in [1.29, 1.82) is 0 Å². The molecule has 1 aliphatic rings. The van der Waals surface area contributed by atoms with Gasteiger partial charge in [0.1, 0.15) is 11.6 Å². The molecule has 0 radical (unpaired) electrons. The molecule has 1 aromatic heterocycles. The zero-order valence-electron chi connectivity index (χ0n) is 9.63. The van der Waals surface area contributed by atoms with E-state index >= 15 is 0 Å². The van der Waals surface area contributed by atoms with Crippen molar-refractivity contribution in [2.45, 2.75) is 6.10 Å². The molecule has 88 valence electrons. The van der Waals surface area contributed by atoms with E-state index in [1.165, 1.54) is 0 Å². The summed E-state index contributed by atoms with van der Waals surface area (Å²) in [6.07, 6.45) is 1.58. The molecule has 17 heavy (non-hydrogen) atoms. The van der Waals surface area contributed by atoms with Crippen LogP contribution in [0.25, 0.3) is 10.8 Å². The topological polar surface area (TPSA) is 45.6 Å². The van der Waals surface area contributed by atoms with Crippen LogP contribution in [0.4, 0.5) is 5.82 Å². The summed E-state index contributed by atoms with van der Waals surface area (Å²) < 4.78 is 5.21. The van der Waals surface area contributed by atoms with Gasteiger partial charge in [0, 0.05) is 24.7 Å². The summed E-state index contributed by atoms with van der Waals surface area (Å²) in [5, 5.41) is 11.5. The van der Waals surface area contributed by atoms with E-state index in [2.05, 4.69) is 9.88 Å². The lowest BCUT2D eigenvalue weighted by Crippen LogP contribution is -2.51. The first-order valence-electron chi connectivity index (χ1n) is 5.63. The number of aliphatic hydroxyl groups is 1. The van der Waals surface area contributed by atoms with Crippen LogP contribution in [0.1, 0.15) is 0 Å². The third kappa shape index (κ3) is 1.70. The lowest BCUT2D eigenvalue weighted by molar-refractivity contribution is 0.141. The number of fused-ring (bicyclic) bond motifs is 1. The fourth-order valence-corrected chi connectivity index (χ4v) is 2.15. The standard InChI is InChI=1S/C13H14N2O2/c1-17-11-2-3-12-9(6-11)4-5-14-13(12)15-7-10(16)8-15/h2-6,10,16H,7-8H2,1H3. The van der Waals surface area contributed by atoms with Crippen molar-refractivity contribution in [2.24, 2.45) is 0 Å². The SMILES string of the molecule is COc1ccc2c(N3CC(O)C3)nccc2c1. The number of hydrogen-bond acceptors (Lipinski definition) is 4. The lowest BCUT2D eigenvalue weighted by atomic mass is 10.1. The highest BCUT2D eigenvalue weighted by Gasteiger charge is 2.26. The second-order valence-corrected chi connectivity index (χ2v) is 4.28. The Bertz CT molecular complexity index is 550. The smallest absolute Gasteiger partial charge is 0.136 e. The molecule has 0 bridgehead atoms. The molecule has 2 aromatic rings. The van der Waals surface area contributed by atoms with Gasteiger partial charge in [-0.05, 0) is 29.7 Å². The number of rotatable bonds is 2. The number of benzene rings is 1. The Morgan fingerprint density at radius 1 is 1.35 bits per heavy atom.